The number of nitrogens with two attached hydrogens (primary N) is 1. The van der Waals surface area contributed by atoms with Crippen molar-refractivity contribution >= 4 is 34.1 Å². The molecule has 0 unspecified atom stereocenters. The van der Waals surface area contributed by atoms with Crippen molar-refractivity contribution in [1.29, 1.82) is 0 Å². The van der Waals surface area contributed by atoms with Gasteiger partial charge in [0, 0.05) is 47.6 Å². The first-order valence-corrected chi connectivity index (χ1v) is 12.9. The number of ether oxygens (including phenoxy) is 4. The SMILES string of the molecule is CCCCCCNc1nc(NCCN=C(C)c2cc(OC)c(OC)cc2N)c2cc(OC)c(OC)cc2n1. The van der Waals surface area contributed by atoms with Gasteiger partial charge in [-0.05, 0) is 25.5 Å². The standard InChI is InChI=1S/C28H40N6O4/c1-7-8-9-10-11-32-28-33-22-17-26(38-6)24(36-4)15-20(22)27(34-28)31-13-12-30-18(2)19-14-23(35-3)25(37-5)16-21(19)29/h14-17H,7-13,29H2,1-6H3,(H2,31,32,33,34). The summed E-state index contributed by atoms with van der Waals surface area (Å²) in [6, 6.07) is 7.35. The summed E-state index contributed by atoms with van der Waals surface area (Å²) in [5.74, 6) is 3.69. The number of unbranched alkanes of at least 4 members (excludes halogenated alkanes) is 3. The molecule has 0 fully saturated rings. The highest BCUT2D eigenvalue weighted by molar-refractivity contribution is 6.03. The second kappa shape index (κ2) is 14.1. The number of nitrogen functional groups attached to an aromatic ring is 1. The molecule has 3 aromatic rings. The van der Waals surface area contributed by atoms with Gasteiger partial charge in [0.2, 0.25) is 5.95 Å². The van der Waals surface area contributed by atoms with Crippen molar-refractivity contribution in [2.75, 3.05) is 64.4 Å². The van der Waals surface area contributed by atoms with Crippen molar-refractivity contribution in [2.24, 2.45) is 4.99 Å². The van der Waals surface area contributed by atoms with E-state index >= 15 is 0 Å². The first-order chi connectivity index (χ1) is 18.4. The largest absolute Gasteiger partial charge is 0.493 e. The van der Waals surface area contributed by atoms with Crippen LogP contribution in [-0.2, 0) is 0 Å². The molecule has 0 saturated heterocycles. The Morgan fingerprint density at radius 3 is 2.16 bits per heavy atom. The third kappa shape index (κ3) is 7.08. The Bertz CT molecular complexity index is 1250. The molecule has 1 aromatic heterocycles. The van der Waals surface area contributed by atoms with Gasteiger partial charge in [0.15, 0.2) is 23.0 Å². The lowest BCUT2D eigenvalue weighted by molar-refractivity contribution is 0.355. The number of anilines is 3. The summed E-state index contributed by atoms with van der Waals surface area (Å²) in [4.78, 5) is 14.2. The van der Waals surface area contributed by atoms with E-state index in [-0.39, 0.29) is 0 Å². The molecule has 1 heterocycles. The molecule has 4 N–H and O–H groups in total. The predicted octanol–water partition coefficient (Wildman–Crippen LogP) is 5.16. The number of nitrogens with zero attached hydrogens (tertiary/aromatic N) is 3. The Labute approximate surface area is 225 Å². The van der Waals surface area contributed by atoms with Gasteiger partial charge in [-0.1, -0.05) is 26.2 Å². The topological polar surface area (TPSA) is 125 Å². The molecule has 0 amide bonds. The van der Waals surface area contributed by atoms with E-state index in [0.29, 0.717) is 53.5 Å². The molecule has 10 nitrogen and oxygen atoms in total. The van der Waals surface area contributed by atoms with Crippen molar-refractivity contribution < 1.29 is 18.9 Å². The van der Waals surface area contributed by atoms with Crippen LogP contribution in [0.1, 0.15) is 45.1 Å². The van der Waals surface area contributed by atoms with Crippen molar-refractivity contribution in [1.82, 2.24) is 9.97 Å². The van der Waals surface area contributed by atoms with Crippen molar-refractivity contribution in [2.45, 2.75) is 39.5 Å². The van der Waals surface area contributed by atoms with Gasteiger partial charge in [0.05, 0.1) is 40.5 Å². The Hall–Kier alpha value is -3.95. The monoisotopic (exact) mass is 524 g/mol. The van der Waals surface area contributed by atoms with E-state index in [1.54, 1.807) is 34.5 Å². The Balaban J connectivity index is 1.80. The number of hydrogen-bond acceptors (Lipinski definition) is 10. The molecule has 206 valence electrons. The number of methoxy groups -OCH3 is 4. The molecule has 0 aliphatic rings. The van der Waals surface area contributed by atoms with Gasteiger partial charge in [-0.2, -0.15) is 4.98 Å². The Kier molecular flexibility index (Phi) is 10.6. The minimum atomic E-state index is 0.512. The van der Waals surface area contributed by atoms with Crippen molar-refractivity contribution in [3.8, 4) is 23.0 Å². The number of aliphatic imine (C=N–C) groups is 1. The van der Waals surface area contributed by atoms with Gasteiger partial charge >= 0.3 is 0 Å². The van der Waals surface area contributed by atoms with Crippen LogP contribution in [-0.4, -0.2) is 63.8 Å². The number of hydrogen-bond donors (Lipinski definition) is 3. The molecule has 10 heteroatoms. The number of aromatic nitrogens is 2. The number of rotatable bonds is 15. The summed E-state index contributed by atoms with van der Waals surface area (Å²) in [5.41, 5.74) is 9.18. The molecule has 0 bridgehead atoms. The van der Waals surface area contributed by atoms with Crippen LogP contribution in [0.15, 0.2) is 29.3 Å². The quantitative estimate of drug-likeness (QED) is 0.140. The average molecular weight is 525 g/mol. The third-order valence-electron chi connectivity index (χ3n) is 6.21. The van der Waals surface area contributed by atoms with Crippen LogP contribution < -0.4 is 35.3 Å². The molecule has 38 heavy (non-hydrogen) atoms. The minimum absolute atomic E-state index is 0.512. The van der Waals surface area contributed by atoms with Crippen LogP contribution in [0, 0.1) is 0 Å². The van der Waals surface area contributed by atoms with E-state index in [2.05, 4.69) is 17.6 Å². The highest BCUT2D eigenvalue weighted by Gasteiger charge is 2.14. The third-order valence-corrected chi connectivity index (χ3v) is 6.21. The van der Waals surface area contributed by atoms with E-state index in [9.17, 15) is 0 Å². The van der Waals surface area contributed by atoms with Gasteiger partial charge in [-0.3, -0.25) is 4.99 Å². The second-order valence-corrected chi connectivity index (χ2v) is 8.80. The summed E-state index contributed by atoms with van der Waals surface area (Å²) in [7, 11) is 6.41. The summed E-state index contributed by atoms with van der Waals surface area (Å²) < 4.78 is 21.7. The molecule has 2 aromatic carbocycles. The fourth-order valence-corrected chi connectivity index (χ4v) is 4.11. The minimum Gasteiger partial charge on any atom is -0.493 e. The van der Waals surface area contributed by atoms with Crippen LogP contribution in [0.2, 0.25) is 0 Å². The summed E-state index contributed by atoms with van der Waals surface area (Å²) in [6.45, 7) is 6.01. The molecule has 0 saturated carbocycles. The fraction of sp³-hybridized carbons (Fsp3) is 0.464. The molecule has 0 radical (unpaired) electrons. The Morgan fingerprint density at radius 2 is 1.47 bits per heavy atom. The van der Waals surface area contributed by atoms with Gasteiger partial charge in [0.1, 0.15) is 5.82 Å². The van der Waals surface area contributed by atoms with Gasteiger partial charge < -0.3 is 35.3 Å². The average Bonchev–Trinajstić information content (AvgIpc) is 2.93. The van der Waals surface area contributed by atoms with E-state index in [0.717, 1.165) is 35.1 Å². The predicted molar refractivity (Wildman–Crippen MR) is 155 cm³/mol. The van der Waals surface area contributed by atoms with Crippen LogP contribution >= 0.6 is 0 Å². The molecule has 0 aliphatic carbocycles. The van der Waals surface area contributed by atoms with Gasteiger partial charge in [-0.25, -0.2) is 4.98 Å². The van der Waals surface area contributed by atoms with E-state index in [1.807, 2.05) is 25.1 Å². The van der Waals surface area contributed by atoms with Crippen LogP contribution in [0.3, 0.4) is 0 Å². The number of fused-ring (bicyclic) bond motifs is 1. The first kappa shape index (κ1) is 28.6. The molecule has 0 aliphatic heterocycles. The van der Waals surface area contributed by atoms with Crippen LogP contribution in [0.5, 0.6) is 23.0 Å². The van der Waals surface area contributed by atoms with E-state index in [1.165, 1.54) is 19.3 Å². The second-order valence-electron chi connectivity index (χ2n) is 8.80. The summed E-state index contributed by atoms with van der Waals surface area (Å²) in [5, 5.41) is 7.62. The molecular weight excluding hydrogens is 484 g/mol. The van der Waals surface area contributed by atoms with Crippen LogP contribution in [0.25, 0.3) is 10.9 Å². The first-order valence-electron chi connectivity index (χ1n) is 12.9. The fourth-order valence-electron chi connectivity index (χ4n) is 4.11. The molecular formula is C28H40N6O4. The normalized spacial score (nSPS) is 11.4. The maximum atomic E-state index is 6.24. The zero-order chi connectivity index (χ0) is 27.5. The maximum absolute atomic E-state index is 6.24. The maximum Gasteiger partial charge on any atom is 0.225 e. The highest BCUT2D eigenvalue weighted by atomic mass is 16.5. The number of benzene rings is 2. The van der Waals surface area contributed by atoms with Crippen LogP contribution in [0.4, 0.5) is 17.5 Å². The lowest BCUT2D eigenvalue weighted by atomic mass is 10.1. The zero-order valence-corrected chi connectivity index (χ0v) is 23.3. The smallest absolute Gasteiger partial charge is 0.225 e. The van der Waals surface area contributed by atoms with E-state index in [4.69, 9.17) is 39.6 Å². The van der Waals surface area contributed by atoms with Gasteiger partial charge in [0.25, 0.3) is 0 Å². The molecule has 3 rings (SSSR count). The zero-order valence-electron chi connectivity index (χ0n) is 23.3. The van der Waals surface area contributed by atoms with Gasteiger partial charge in [-0.15, -0.1) is 0 Å². The van der Waals surface area contributed by atoms with Crippen molar-refractivity contribution in [3.05, 3.63) is 29.8 Å². The summed E-state index contributed by atoms with van der Waals surface area (Å²) in [6.07, 6.45) is 4.66. The van der Waals surface area contributed by atoms with Crippen molar-refractivity contribution in [3.63, 3.8) is 0 Å². The lowest BCUT2D eigenvalue weighted by Crippen LogP contribution is -2.12. The molecule has 0 spiro atoms. The Morgan fingerprint density at radius 1 is 0.816 bits per heavy atom. The number of nitrogens with one attached hydrogen (secondary N) is 2. The highest BCUT2D eigenvalue weighted by Crippen LogP contribution is 2.35. The summed E-state index contributed by atoms with van der Waals surface area (Å²) >= 11 is 0. The molecule has 0 atom stereocenters. The van der Waals surface area contributed by atoms with E-state index < -0.39 is 0 Å². The lowest BCUT2D eigenvalue weighted by Gasteiger charge is -2.14.